The number of benzene rings is 1. The Morgan fingerprint density at radius 2 is 1.97 bits per heavy atom. The monoisotopic (exact) mass is 428 g/mol. The number of nitrogens with one attached hydrogen (secondary N) is 1. The number of rotatable bonds is 3. The van der Waals surface area contributed by atoms with Crippen molar-refractivity contribution in [3.05, 3.63) is 54.2 Å². The summed E-state index contributed by atoms with van der Waals surface area (Å²) in [5.41, 5.74) is 0.175. The minimum atomic E-state index is -4.06. The van der Waals surface area contributed by atoms with E-state index in [1.807, 2.05) is 30.3 Å². The van der Waals surface area contributed by atoms with E-state index in [0.29, 0.717) is 16.9 Å². The quantitative estimate of drug-likeness (QED) is 0.362. The Kier molecular flexibility index (Phi) is 4.16. The highest BCUT2D eigenvalue weighted by molar-refractivity contribution is 7.87. The number of nitrogens with zero attached hydrogens (tertiary/aromatic N) is 4. The van der Waals surface area contributed by atoms with Gasteiger partial charge in [-0.15, -0.1) is 0 Å². The molecule has 0 amide bonds. The van der Waals surface area contributed by atoms with Gasteiger partial charge in [0.15, 0.2) is 11.9 Å². The summed E-state index contributed by atoms with van der Waals surface area (Å²) in [5, 5.41) is 26.2. The van der Waals surface area contributed by atoms with Crippen LogP contribution in [-0.4, -0.2) is 62.0 Å². The SMILES string of the molecule is NS(=O)(=O)NC1[C@H]2O[C@@H](n3cnc4c(C#Cc5ccccc5)ncnc43)[C@H](O)[C@@]12O. The van der Waals surface area contributed by atoms with Crippen molar-refractivity contribution in [3.63, 3.8) is 0 Å². The molecule has 30 heavy (non-hydrogen) atoms. The van der Waals surface area contributed by atoms with E-state index >= 15 is 0 Å². The smallest absolute Gasteiger partial charge is 0.274 e. The van der Waals surface area contributed by atoms with E-state index in [0.717, 1.165) is 5.56 Å². The van der Waals surface area contributed by atoms with Crippen molar-refractivity contribution < 1.29 is 23.4 Å². The predicted molar refractivity (Wildman–Crippen MR) is 103 cm³/mol. The largest absolute Gasteiger partial charge is 0.385 e. The van der Waals surface area contributed by atoms with Crippen LogP contribution in [0, 0.1) is 11.8 Å². The summed E-state index contributed by atoms with van der Waals surface area (Å²) in [6, 6.07) is 8.35. The van der Waals surface area contributed by atoms with E-state index in [1.54, 1.807) is 0 Å². The third-order valence-electron chi connectivity index (χ3n) is 5.20. The third-order valence-corrected chi connectivity index (χ3v) is 5.78. The van der Waals surface area contributed by atoms with Crippen LogP contribution in [0.15, 0.2) is 43.0 Å². The molecular weight excluding hydrogens is 412 g/mol. The molecule has 5 rings (SSSR count). The Bertz CT molecular complexity index is 1300. The maximum atomic E-state index is 11.2. The fraction of sp³-hybridized carbons (Fsp3) is 0.278. The number of nitrogens with two attached hydrogens (primary N) is 1. The van der Waals surface area contributed by atoms with Gasteiger partial charge in [-0.2, -0.15) is 13.1 Å². The van der Waals surface area contributed by atoms with Crippen molar-refractivity contribution in [3.8, 4) is 11.8 Å². The second kappa shape index (κ2) is 6.54. The molecule has 154 valence electrons. The normalized spacial score (nSPS) is 30.0. The lowest BCUT2D eigenvalue weighted by Crippen LogP contribution is -2.44. The topological polar surface area (TPSA) is 165 Å². The molecule has 2 fully saturated rings. The highest BCUT2D eigenvalue weighted by Crippen LogP contribution is 2.54. The summed E-state index contributed by atoms with van der Waals surface area (Å²) >= 11 is 0. The van der Waals surface area contributed by atoms with E-state index in [-0.39, 0.29) is 0 Å². The molecule has 0 spiro atoms. The fourth-order valence-electron chi connectivity index (χ4n) is 3.69. The molecular formula is C18H16N6O5S. The van der Waals surface area contributed by atoms with Gasteiger partial charge in [0.1, 0.15) is 35.3 Å². The van der Waals surface area contributed by atoms with Gasteiger partial charge in [-0.1, -0.05) is 24.1 Å². The summed E-state index contributed by atoms with van der Waals surface area (Å²) in [5.74, 6) is 5.96. The molecule has 1 saturated heterocycles. The van der Waals surface area contributed by atoms with Crippen molar-refractivity contribution in [1.82, 2.24) is 24.2 Å². The van der Waals surface area contributed by atoms with Gasteiger partial charge in [-0.25, -0.2) is 20.1 Å². The lowest BCUT2D eigenvalue weighted by atomic mass is 10.1. The van der Waals surface area contributed by atoms with E-state index in [9.17, 15) is 18.6 Å². The van der Waals surface area contributed by atoms with Gasteiger partial charge in [0, 0.05) is 5.56 Å². The molecule has 0 radical (unpaired) electrons. The van der Waals surface area contributed by atoms with E-state index in [4.69, 9.17) is 9.88 Å². The molecule has 5 atom stereocenters. The van der Waals surface area contributed by atoms with Crippen LogP contribution in [0.1, 0.15) is 17.5 Å². The molecule has 0 bridgehead atoms. The zero-order valence-electron chi connectivity index (χ0n) is 15.2. The van der Waals surface area contributed by atoms with Gasteiger partial charge >= 0.3 is 0 Å². The molecule has 1 aromatic carbocycles. The van der Waals surface area contributed by atoms with Crippen molar-refractivity contribution >= 4 is 21.4 Å². The van der Waals surface area contributed by atoms with Crippen LogP contribution in [0.2, 0.25) is 0 Å². The van der Waals surface area contributed by atoms with Crippen LogP contribution in [0.5, 0.6) is 0 Å². The Hall–Kier alpha value is -2.92. The maximum absolute atomic E-state index is 11.2. The highest BCUT2D eigenvalue weighted by Gasteiger charge is 2.77. The van der Waals surface area contributed by atoms with Gasteiger partial charge < -0.3 is 14.9 Å². The summed E-state index contributed by atoms with van der Waals surface area (Å²) in [6.07, 6.45) is -0.691. The van der Waals surface area contributed by atoms with Crippen molar-refractivity contribution in [2.24, 2.45) is 5.14 Å². The van der Waals surface area contributed by atoms with Crippen LogP contribution in [-0.2, 0) is 14.9 Å². The van der Waals surface area contributed by atoms with Crippen molar-refractivity contribution in [2.75, 3.05) is 0 Å². The van der Waals surface area contributed by atoms with Gasteiger partial charge in [-0.05, 0) is 18.1 Å². The molecule has 1 saturated carbocycles. The van der Waals surface area contributed by atoms with E-state index in [1.165, 1.54) is 17.2 Å². The van der Waals surface area contributed by atoms with Crippen LogP contribution in [0.25, 0.3) is 11.2 Å². The fourth-order valence-corrected chi connectivity index (χ4v) is 4.35. The number of hydrogen-bond acceptors (Lipinski definition) is 8. The van der Waals surface area contributed by atoms with Crippen LogP contribution < -0.4 is 9.86 Å². The molecule has 5 N–H and O–H groups in total. The molecule has 1 aliphatic heterocycles. The standard InChI is InChI=1S/C18H16N6O5S/c19-30(27,28)23-13-15-18(13,26)14(25)17(29-15)24-9-22-12-11(20-8-21-16(12)24)7-6-10-4-2-1-3-5-10/h1-5,8-9,13-15,17,23,25-26H,(H2,19,27,28)/t13?,14-,15+,17+,18-/m0/s1. The summed E-state index contributed by atoms with van der Waals surface area (Å²) in [4.78, 5) is 12.6. The predicted octanol–water partition coefficient (Wildman–Crippen LogP) is -1.61. The first-order chi connectivity index (χ1) is 14.3. The summed E-state index contributed by atoms with van der Waals surface area (Å²) in [7, 11) is -4.06. The molecule has 1 aliphatic carbocycles. The second-order valence-electron chi connectivity index (χ2n) is 7.08. The molecule has 3 heterocycles. The van der Waals surface area contributed by atoms with Crippen LogP contribution >= 0.6 is 0 Å². The van der Waals surface area contributed by atoms with Gasteiger partial charge in [0.2, 0.25) is 0 Å². The van der Waals surface area contributed by atoms with E-state index in [2.05, 4.69) is 31.5 Å². The lowest BCUT2D eigenvalue weighted by Gasteiger charge is -2.23. The Morgan fingerprint density at radius 3 is 2.63 bits per heavy atom. The first kappa shape index (κ1) is 19.1. The molecule has 2 aliphatic rings. The minimum Gasteiger partial charge on any atom is -0.385 e. The van der Waals surface area contributed by atoms with Gasteiger partial charge in [-0.3, -0.25) is 4.57 Å². The van der Waals surface area contributed by atoms with Gasteiger partial charge in [0.05, 0.1) is 12.4 Å². The summed E-state index contributed by atoms with van der Waals surface area (Å²) in [6.45, 7) is 0. The molecule has 12 heteroatoms. The first-order valence-electron chi connectivity index (χ1n) is 8.89. The number of imidazole rings is 1. The Balaban J connectivity index is 1.45. The maximum Gasteiger partial charge on any atom is 0.274 e. The van der Waals surface area contributed by atoms with E-state index < -0.39 is 40.3 Å². The highest BCUT2D eigenvalue weighted by atomic mass is 32.2. The van der Waals surface area contributed by atoms with Gasteiger partial charge in [0.25, 0.3) is 10.2 Å². The third kappa shape index (κ3) is 2.96. The minimum absolute atomic E-state index is 0.354. The number of ether oxygens (including phenoxy) is 1. The first-order valence-corrected chi connectivity index (χ1v) is 10.4. The van der Waals surface area contributed by atoms with Crippen LogP contribution in [0.4, 0.5) is 0 Å². The zero-order valence-corrected chi connectivity index (χ0v) is 16.1. The Labute approximate surface area is 170 Å². The van der Waals surface area contributed by atoms with Crippen LogP contribution in [0.3, 0.4) is 0 Å². The lowest BCUT2D eigenvalue weighted by molar-refractivity contribution is -0.0685. The average Bonchev–Trinajstić information content (AvgIpc) is 3.01. The number of aromatic nitrogens is 4. The average molecular weight is 428 g/mol. The molecule has 3 aromatic rings. The summed E-state index contributed by atoms with van der Waals surface area (Å²) < 4.78 is 31.6. The van der Waals surface area contributed by atoms with Crippen molar-refractivity contribution in [2.45, 2.75) is 30.1 Å². The van der Waals surface area contributed by atoms with Crippen molar-refractivity contribution in [1.29, 1.82) is 0 Å². The Morgan fingerprint density at radius 1 is 1.20 bits per heavy atom. The zero-order chi connectivity index (χ0) is 21.1. The second-order valence-corrected chi connectivity index (χ2v) is 8.41. The molecule has 2 aromatic heterocycles. The number of aliphatic hydroxyl groups is 2. The number of hydrogen-bond donors (Lipinski definition) is 4. The molecule has 11 nitrogen and oxygen atoms in total. The number of aliphatic hydroxyl groups excluding tert-OH is 1. The number of fused-ring (bicyclic) bond motifs is 2. The molecule has 1 unspecified atom stereocenters.